The van der Waals surface area contributed by atoms with Gasteiger partial charge >= 0.3 is 0 Å². The molecule has 0 fully saturated rings. The monoisotopic (exact) mass is 281 g/mol. The molecule has 0 aliphatic heterocycles. The van der Waals surface area contributed by atoms with Gasteiger partial charge < -0.3 is 9.84 Å². The fraction of sp³-hybridized carbons (Fsp3) is 0.188. The van der Waals surface area contributed by atoms with Gasteiger partial charge in [0.05, 0.1) is 24.4 Å². The Balaban J connectivity index is 2.11. The van der Waals surface area contributed by atoms with Crippen molar-refractivity contribution < 1.29 is 9.84 Å². The molecule has 5 nitrogen and oxygen atoms in total. The van der Waals surface area contributed by atoms with Gasteiger partial charge in [0, 0.05) is 18.0 Å². The summed E-state index contributed by atoms with van der Waals surface area (Å²) >= 11 is 0. The maximum atomic E-state index is 9.55. The summed E-state index contributed by atoms with van der Waals surface area (Å²) in [5, 5.41) is 9.55. The van der Waals surface area contributed by atoms with Crippen LogP contribution in [0.3, 0.4) is 0 Å². The van der Waals surface area contributed by atoms with Crippen molar-refractivity contribution in [3.63, 3.8) is 0 Å². The number of fused-ring (bicyclic) bond motifs is 1. The van der Waals surface area contributed by atoms with Crippen LogP contribution in [0.15, 0.2) is 42.7 Å². The van der Waals surface area contributed by atoms with Crippen molar-refractivity contribution >= 4 is 11.0 Å². The molecule has 0 bridgehead atoms. The Kier molecular flexibility index (Phi) is 3.50. The average Bonchev–Trinajstić information content (AvgIpc) is 2.53. The van der Waals surface area contributed by atoms with Gasteiger partial charge in [0.1, 0.15) is 0 Å². The SMILES string of the molecule is COc1nc(-c2ccc(C(C)O)cc2)cc2nccnc12. The van der Waals surface area contributed by atoms with Gasteiger partial charge in [-0.25, -0.2) is 9.97 Å². The number of benzene rings is 1. The van der Waals surface area contributed by atoms with Gasteiger partial charge in [-0.15, -0.1) is 0 Å². The Morgan fingerprint density at radius 1 is 1.10 bits per heavy atom. The number of aliphatic hydroxyl groups excluding tert-OH is 1. The molecule has 1 unspecified atom stereocenters. The van der Waals surface area contributed by atoms with Crippen LogP contribution in [-0.4, -0.2) is 27.2 Å². The number of pyridine rings is 1. The maximum Gasteiger partial charge on any atom is 0.242 e. The molecule has 2 aromatic heterocycles. The number of methoxy groups -OCH3 is 1. The molecule has 0 amide bonds. The van der Waals surface area contributed by atoms with E-state index in [4.69, 9.17) is 4.74 Å². The first kappa shape index (κ1) is 13.5. The highest BCUT2D eigenvalue weighted by Crippen LogP contribution is 2.27. The first-order valence-electron chi connectivity index (χ1n) is 6.63. The lowest BCUT2D eigenvalue weighted by molar-refractivity contribution is 0.199. The molecular weight excluding hydrogens is 266 g/mol. The zero-order chi connectivity index (χ0) is 14.8. The largest absolute Gasteiger partial charge is 0.479 e. The molecule has 0 aliphatic carbocycles. The second-order valence-electron chi connectivity index (χ2n) is 4.74. The molecule has 106 valence electrons. The highest BCUT2D eigenvalue weighted by Gasteiger charge is 2.10. The quantitative estimate of drug-likeness (QED) is 0.799. The summed E-state index contributed by atoms with van der Waals surface area (Å²) in [5.41, 5.74) is 3.94. The first-order chi connectivity index (χ1) is 10.2. The standard InChI is InChI=1S/C16H15N3O2/c1-10(20)11-3-5-12(6-4-11)13-9-14-15(16(19-13)21-2)18-8-7-17-14/h3-10,20H,1-2H3. The second kappa shape index (κ2) is 5.46. The third-order valence-corrected chi connectivity index (χ3v) is 3.31. The summed E-state index contributed by atoms with van der Waals surface area (Å²) in [6.07, 6.45) is 2.77. The molecule has 2 heterocycles. The predicted octanol–water partition coefficient (Wildman–Crippen LogP) is 2.75. The van der Waals surface area contributed by atoms with E-state index in [9.17, 15) is 5.11 Å². The van der Waals surface area contributed by atoms with Crippen LogP contribution in [0.2, 0.25) is 0 Å². The minimum Gasteiger partial charge on any atom is -0.479 e. The van der Waals surface area contributed by atoms with Crippen LogP contribution < -0.4 is 4.74 Å². The van der Waals surface area contributed by atoms with Crippen LogP contribution in [0.5, 0.6) is 5.88 Å². The normalized spacial score (nSPS) is 12.3. The predicted molar refractivity (Wildman–Crippen MR) is 80.0 cm³/mol. The Labute approximate surface area is 122 Å². The summed E-state index contributed by atoms with van der Waals surface area (Å²) in [6.45, 7) is 1.74. The van der Waals surface area contributed by atoms with Gasteiger partial charge in [-0.2, -0.15) is 0 Å². The average molecular weight is 281 g/mol. The van der Waals surface area contributed by atoms with Crippen LogP contribution in [0.25, 0.3) is 22.3 Å². The lowest BCUT2D eigenvalue weighted by Crippen LogP contribution is -1.96. The number of hydrogen-bond donors (Lipinski definition) is 1. The molecule has 21 heavy (non-hydrogen) atoms. The number of hydrogen-bond acceptors (Lipinski definition) is 5. The fourth-order valence-corrected chi connectivity index (χ4v) is 2.17. The molecule has 5 heteroatoms. The molecular formula is C16H15N3O2. The summed E-state index contributed by atoms with van der Waals surface area (Å²) in [7, 11) is 1.57. The topological polar surface area (TPSA) is 68.1 Å². The van der Waals surface area contributed by atoms with Crippen molar-refractivity contribution in [1.29, 1.82) is 0 Å². The molecule has 3 rings (SSSR count). The minimum atomic E-state index is -0.482. The highest BCUT2D eigenvalue weighted by atomic mass is 16.5. The smallest absolute Gasteiger partial charge is 0.242 e. The molecule has 0 radical (unpaired) electrons. The number of nitrogens with zero attached hydrogens (tertiary/aromatic N) is 3. The van der Waals surface area contributed by atoms with Gasteiger partial charge in [-0.05, 0) is 18.6 Å². The van der Waals surface area contributed by atoms with E-state index >= 15 is 0 Å². The number of ether oxygens (including phenoxy) is 1. The molecule has 0 spiro atoms. The van der Waals surface area contributed by atoms with Crippen LogP contribution in [0, 0.1) is 0 Å². The number of aromatic nitrogens is 3. The summed E-state index contributed by atoms with van der Waals surface area (Å²) < 4.78 is 5.30. The lowest BCUT2D eigenvalue weighted by Gasteiger charge is -2.08. The van der Waals surface area contributed by atoms with Gasteiger partial charge in [0.25, 0.3) is 0 Å². The van der Waals surface area contributed by atoms with Gasteiger partial charge in [-0.1, -0.05) is 24.3 Å². The zero-order valence-corrected chi connectivity index (χ0v) is 11.8. The lowest BCUT2D eigenvalue weighted by atomic mass is 10.1. The Hall–Kier alpha value is -2.53. The number of aliphatic hydroxyl groups is 1. The van der Waals surface area contributed by atoms with Crippen LogP contribution in [0.4, 0.5) is 0 Å². The van der Waals surface area contributed by atoms with E-state index in [2.05, 4.69) is 15.0 Å². The van der Waals surface area contributed by atoms with Crippen molar-refractivity contribution in [1.82, 2.24) is 15.0 Å². The van der Waals surface area contributed by atoms with E-state index in [-0.39, 0.29) is 0 Å². The zero-order valence-electron chi connectivity index (χ0n) is 11.8. The van der Waals surface area contributed by atoms with Crippen molar-refractivity contribution in [3.05, 3.63) is 48.3 Å². The molecule has 1 aromatic carbocycles. The van der Waals surface area contributed by atoms with E-state index in [0.717, 1.165) is 22.3 Å². The third kappa shape index (κ3) is 2.55. The Morgan fingerprint density at radius 3 is 2.48 bits per heavy atom. The van der Waals surface area contributed by atoms with E-state index < -0.39 is 6.10 Å². The summed E-state index contributed by atoms with van der Waals surface area (Å²) in [6, 6.07) is 9.49. The Morgan fingerprint density at radius 2 is 1.81 bits per heavy atom. The maximum absolute atomic E-state index is 9.55. The van der Waals surface area contributed by atoms with Gasteiger partial charge in [-0.3, -0.25) is 4.98 Å². The fourth-order valence-electron chi connectivity index (χ4n) is 2.17. The third-order valence-electron chi connectivity index (χ3n) is 3.31. The Bertz CT molecular complexity index is 770. The van der Waals surface area contributed by atoms with Crippen LogP contribution in [0.1, 0.15) is 18.6 Å². The minimum absolute atomic E-state index is 0.454. The summed E-state index contributed by atoms with van der Waals surface area (Å²) in [4.78, 5) is 13.0. The molecule has 0 saturated carbocycles. The van der Waals surface area contributed by atoms with E-state index in [1.807, 2.05) is 30.3 Å². The van der Waals surface area contributed by atoms with E-state index in [1.165, 1.54) is 0 Å². The van der Waals surface area contributed by atoms with Gasteiger partial charge in [0.15, 0.2) is 5.52 Å². The molecule has 1 N–H and O–H groups in total. The van der Waals surface area contributed by atoms with Crippen LogP contribution >= 0.6 is 0 Å². The van der Waals surface area contributed by atoms with Crippen molar-refractivity contribution in [2.75, 3.05) is 7.11 Å². The highest BCUT2D eigenvalue weighted by molar-refractivity contribution is 5.83. The second-order valence-corrected chi connectivity index (χ2v) is 4.74. The van der Waals surface area contributed by atoms with E-state index in [1.54, 1.807) is 26.4 Å². The first-order valence-corrected chi connectivity index (χ1v) is 6.63. The molecule has 0 aliphatic rings. The van der Waals surface area contributed by atoms with E-state index in [0.29, 0.717) is 11.4 Å². The van der Waals surface area contributed by atoms with Gasteiger partial charge in [0.2, 0.25) is 5.88 Å². The van der Waals surface area contributed by atoms with Crippen molar-refractivity contribution in [2.24, 2.45) is 0 Å². The van der Waals surface area contributed by atoms with Crippen molar-refractivity contribution in [2.45, 2.75) is 13.0 Å². The molecule has 0 saturated heterocycles. The van der Waals surface area contributed by atoms with Crippen LogP contribution in [-0.2, 0) is 0 Å². The number of rotatable bonds is 3. The molecule has 1 atom stereocenters. The molecule has 3 aromatic rings. The summed E-state index contributed by atoms with van der Waals surface area (Å²) in [5.74, 6) is 0.454. The van der Waals surface area contributed by atoms with Crippen molar-refractivity contribution in [3.8, 4) is 17.1 Å².